The van der Waals surface area contributed by atoms with E-state index < -0.39 is 0 Å². The van der Waals surface area contributed by atoms with Gasteiger partial charge in [0.15, 0.2) is 11.5 Å². The molecule has 0 saturated heterocycles. The minimum atomic E-state index is -0.201. The first-order chi connectivity index (χ1) is 15.5. The Morgan fingerprint density at radius 3 is 2.88 bits per heavy atom. The first-order valence-electron chi connectivity index (χ1n) is 11.1. The lowest BCUT2D eigenvalue weighted by Gasteiger charge is -2.23. The number of hydrogen-bond donors (Lipinski definition) is 1. The van der Waals surface area contributed by atoms with E-state index in [-0.39, 0.29) is 24.1 Å². The summed E-state index contributed by atoms with van der Waals surface area (Å²) in [7, 11) is 4.07. The van der Waals surface area contributed by atoms with E-state index in [4.69, 9.17) is 9.47 Å². The molecule has 0 fully saturated rings. The highest BCUT2D eigenvalue weighted by Crippen LogP contribution is 2.32. The van der Waals surface area contributed by atoms with E-state index in [9.17, 15) is 9.59 Å². The van der Waals surface area contributed by atoms with Crippen molar-refractivity contribution in [2.45, 2.75) is 50.2 Å². The summed E-state index contributed by atoms with van der Waals surface area (Å²) in [6.45, 7) is 2.26. The smallest absolute Gasteiger partial charge is 0.348 e. The Bertz CT molecular complexity index is 1040. The number of benzene rings is 1. The topological polar surface area (TPSA) is 85.7 Å². The highest BCUT2D eigenvalue weighted by atomic mass is 32.2. The third kappa shape index (κ3) is 5.45. The van der Waals surface area contributed by atoms with E-state index in [0.717, 1.165) is 61.2 Å². The second kappa shape index (κ2) is 10.4. The summed E-state index contributed by atoms with van der Waals surface area (Å²) in [5.41, 5.74) is 3.00. The molecule has 0 saturated carbocycles. The third-order valence-electron chi connectivity index (χ3n) is 5.70. The minimum Gasteiger partial charge on any atom is -0.454 e. The summed E-state index contributed by atoms with van der Waals surface area (Å²) in [5.74, 6) is 1.57. The zero-order valence-electron chi connectivity index (χ0n) is 18.7. The van der Waals surface area contributed by atoms with E-state index in [1.54, 1.807) is 0 Å². The average molecular weight is 459 g/mol. The van der Waals surface area contributed by atoms with Gasteiger partial charge in [0.1, 0.15) is 5.03 Å². The van der Waals surface area contributed by atoms with Crippen LogP contribution in [0.15, 0.2) is 28.0 Å². The van der Waals surface area contributed by atoms with Gasteiger partial charge in [-0.25, -0.2) is 4.79 Å². The second-order valence-electron chi connectivity index (χ2n) is 8.39. The second-order valence-corrected chi connectivity index (χ2v) is 9.36. The number of hydrogen-bond acceptors (Lipinski definition) is 7. The number of rotatable bonds is 9. The van der Waals surface area contributed by atoms with Gasteiger partial charge >= 0.3 is 5.69 Å². The van der Waals surface area contributed by atoms with Gasteiger partial charge in [0.2, 0.25) is 12.7 Å². The van der Waals surface area contributed by atoms with Crippen LogP contribution in [-0.2, 0) is 30.7 Å². The maximum Gasteiger partial charge on any atom is 0.348 e. The summed E-state index contributed by atoms with van der Waals surface area (Å²) < 4.78 is 12.5. The molecule has 0 spiro atoms. The van der Waals surface area contributed by atoms with E-state index in [0.29, 0.717) is 23.9 Å². The zero-order valence-corrected chi connectivity index (χ0v) is 19.5. The molecule has 0 atom stereocenters. The van der Waals surface area contributed by atoms with Crippen molar-refractivity contribution in [2.75, 3.05) is 33.2 Å². The monoisotopic (exact) mass is 458 g/mol. The Morgan fingerprint density at radius 1 is 1.22 bits per heavy atom. The average Bonchev–Trinajstić information content (AvgIpc) is 3.25. The van der Waals surface area contributed by atoms with E-state index in [2.05, 4.69) is 15.2 Å². The highest BCUT2D eigenvalue weighted by molar-refractivity contribution is 7.99. The fourth-order valence-electron chi connectivity index (χ4n) is 4.08. The van der Waals surface area contributed by atoms with Gasteiger partial charge in [-0.2, -0.15) is 4.98 Å². The van der Waals surface area contributed by atoms with Crippen molar-refractivity contribution in [1.82, 2.24) is 19.8 Å². The van der Waals surface area contributed by atoms with Gasteiger partial charge in [-0.1, -0.05) is 17.8 Å². The molecule has 2 heterocycles. The molecule has 0 radical (unpaired) electrons. The molecule has 1 aromatic heterocycles. The first kappa shape index (κ1) is 22.7. The van der Waals surface area contributed by atoms with Crippen LogP contribution in [0.2, 0.25) is 0 Å². The Morgan fingerprint density at radius 2 is 2.03 bits per heavy atom. The lowest BCUT2D eigenvalue weighted by molar-refractivity contribution is -0.118. The Balaban J connectivity index is 1.37. The predicted octanol–water partition coefficient (Wildman–Crippen LogP) is 2.21. The van der Waals surface area contributed by atoms with Crippen LogP contribution < -0.4 is 20.5 Å². The maximum absolute atomic E-state index is 12.7. The summed E-state index contributed by atoms with van der Waals surface area (Å²) in [6, 6.07) is 5.64. The minimum absolute atomic E-state index is 0.0887. The molecule has 1 aliphatic heterocycles. The van der Waals surface area contributed by atoms with Crippen LogP contribution in [0.5, 0.6) is 11.5 Å². The van der Waals surface area contributed by atoms with Gasteiger partial charge in [-0.05, 0) is 70.4 Å². The summed E-state index contributed by atoms with van der Waals surface area (Å²) >= 11 is 1.36. The Labute approximate surface area is 192 Å². The molecule has 1 N–H and O–H groups in total. The van der Waals surface area contributed by atoms with Gasteiger partial charge in [0.25, 0.3) is 0 Å². The molecule has 4 rings (SSSR count). The lowest BCUT2D eigenvalue weighted by Crippen LogP contribution is -2.31. The SMILES string of the molecule is CN(C)CCCn1c2c(c(SCC(=O)NCc3ccc4c(c3)OCO4)nc1=O)CCCC2. The maximum atomic E-state index is 12.7. The molecule has 2 aliphatic rings. The van der Waals surface area contributed by atoms with Crippen LogP contribution in [0, 0.1) is 0 Å². The molecule has 1 aliphatic carbocycles. The van der Waals surface area contributed by atoms with Gasteiger partial charge in [-0.3, -0.25) is 9.36 Å². The van der Waals surface area contributed by atoms with Crippen LogP contribution in [0.25, 0.3) is 0 Å². The van der Waals surface area contributed by atoms with E-state index in [1.807, 2.05) is 36.9 Å². The number of carbonyl (C=O) groups excluding carboxylic acids is 1. The summed E-state index contributed by atoms with van der Waals surface area (Å²) in [5, 5.41) is 3.65. The van der Waals surface area contributed by atoms with Gasteiger partial charge in [-0.15, -0.1) is 0 Å². The van der Waals surface area contributed by atoms with E-state index in [1.165, 1.54) is 11.8 Å². The van der Waals surface area contributed by atoms with Crippen molar-refractivity contribution in [2.24, 2.45) is 0 Å². The number of nitrogens with zero attached hydrogens (tertiary/aromatic N) is 3. The van der Waals surface area contributed by atoms with Crippen LogP contribution in [0.3, 0.4) is 0 Å². The normalized spacial score (nSPS) is 14.5. The number of amides is 1. The predicted molar refractivity (Wildman–Crippen MR) is 123 cm³/mol. The van der Waals surface area contributed by atoms with Gasteiger partial charge in [0.05, 0.1) is 5.75 Å². The molecule has 0 unspecified atom stereocenters. The number of fused-ring (bicyclic) bond motifs is 2. The van der Waals surface area contributed by atoms with E-state index >= 15 is 0 Å². The number of ether oxygens (including phenoxy) is 2. The Hall–Kier alpha value is -2.52. The molecule has 1 aromatic carbocycles. The Kier molecular flexibility index (Phi) is 7.36. The first-order valence-corrected chi connectivity index (χ1v) is 12.0. The molecule has 2 aromatic rings. The molecule has 172 valence electrons. The van der Waals surface area contributed by atoms with Crippen LogP contribution >= 0.6 is 11.8 Å². The number of nitrogens with one attached hydrogen (secondary N) is 1. The molecule has 1 amide bonds. The van der Waals surface area contributed by atoms with Crippen molar-refractivity contribution >= 4 is 17.7 Å². The summed E-state index contributed by atoms with van der Waals surface area (Å²) in [6.07, 6.45) is 4.91. The fraction of sp³-hybridized carbons (Fsp3) is 0.522. The molecule has 32 heavy (non-hydrogen) atoms. The highest BCUT2D eigenvalue weighted by Gasteiger charge is 2.21. The quantitative estimate of drug-likeness (QED) is 0.455. The van der Waals surface area contributed by atoms with Crippen molar-refractivity contribution < 1.29 is 14.3 Å². The molecule has 0 bridgehead atoms. The van der Waals surface area contributed by atoms with Crippen molar-refractivity contribution in [3.8, 4) is 11.5 Å². The lowest BCUT2D eigenvalue weighted by atomic mass is 9.97. The van der Waals surface area contributed by atoms with Crippen LogP contribution in [0.4, 0.5) is 0 Å². The van der Waals surface area contributed by atoms with Crippen LogP contribution in [-0.4, -0.2) is 53.5 Å². The number of thioether (sulfide) groups is 1. The number of aromatic nitrogens is 2. The van der Waals surface area contributed by atoms with Gasteiger partial charge in [0, 0.05) is 24.3 Å². The zero-order chi connectivity index (χ0) is 22.5. The van der Waals surface area contributed by atoms with Crippen molar-refractivity contribution in [3.63, 3.8) is 0 Å². The van der Waals surface area contributed by atoms with Gasteiger partial charge < -0.3 is 19.7 Å². The largest absolute Gasteiger partial charge is 0.454 e. The van der Waals surface area contributed by atoms with Crippen LogP contribution in [0.1, 0.15) is 36.1 Å². The standard InChI is InChI=1S/C23H30N4O4S/c1-26(2)10-5-11-27-18-7-4-3-6-17(18)22(25-23(27)29)32-14-21(28)24-13-16-8-9-19-20(12-16)31-15-30-19/h8-9,12H,3-7,10-11,13-15H2,1-2H3,(H,24,28). The molecule has 8 nitrogen and oxygen atoms in total. The molecule has 9 heteroatoms. The summed E-state index contributed by atoms with van der Waals surface area (Å²) in [4.78, 5) is 31.7. The van der Waals surface area contributed by atoms with Crippen molar-refractivity contribution in [3.05, 3.63) is 45.5 Å². The third-order valence-corrected chi connectivity index (χ3v) is 6.72. The number of carbonyl (C=O) groups is 1. The van der Waals surface area contributed by atoms with Crippen molar-refractivity contribution in [1.29, 1.82) is 0 Å². The molecular formula is C23H30N4O4S. The molecular weight excluding hydrogens is 428 g/mol. The fourth-order valence-corrected chi connectivity index (χ4v) is 4.99.